The van der Waals surface area contributed by atoms with Crippen LogP contribution in [-0.2, 0) is 14.8 Å². The van der Waals surface area contributed by atoms with Crippen LogP contribution in [0.5, 0.6) is 0 Å². The lowest BCUT2D eigenvalue weighted by molar-refractivity contribution is -0.00470. The van der Waals surface area contributed by atoms with Gasteiger partial charge in [0.25, 0.3) is 0 Å². The number of carbonyl (C=O) groups is 1. The number of carboxylic acid groups (broad SMARTS) is 1. The molecular weight excluding hydrogens is 304 g/mol. The van der Waals surface area contributed by atoms with Gasteiger partial charge in [-0.25, -0.2) is 17.9 Å². The summed E-state index contributed by atoms with van der Waals surface area (Å²) in [4.78, 5) is 10.7. The summed E-state index contributed by atoms with van der Waals surface area (Å²) in [6.07, 6.45) is 0.708. The van der Waals surface area contributed by atoms with Gasteiger partial charge in [-0.15, -0.1) is 0 Å². The van der Waals surface area contributed by atoms with E-state index in [0.717, 1.165) is 11.5 Å². The fourth-order valence-corrected chi connectivity index (χ4v) is 5.52. The normalized spacial score (nSPS) is 31.0. The van der Waals surface area contributed by atoms with Gasteiger partial charge in [-0.1, -0.05) is 0 Å². The predicted octanol–water partition coefficient (Wildman–Crippen LogP) is 0.687. The Hall–Kier alpha value is -1.03. The summed E-state index contributed by atoms with van der Waals surface area (Å²) in [7, 11) is -3.93. The molecule has 1 aromatic heterocycles. The summed E-state index contributed by atoms with van der Waals surface area (Å²) >= 11 is 0.810. The van der Waals surface area contributed by atoms with Crippen LogP contribution in [0.15, 0.2) is 10.3 Å². The SMILES string of the molecule is CC1(C)OCC2CC21NS(=O)(=O)c1csnc1C(=O)O. The van der Waals surface area contributed by atoms with E-state index in [-0.39, 0.29) is 10.8 Å². The molecule has 1 saturated heterocycles. The van der Waals surface area contributed by atoms with Crippen LogP contribution in [0.1, 0.15) is 30.8 Å². The maximum absolute atomic E-state index is 12.4. The average molecular weight is 318 g/mol. The molecule has 0 bridgehead atoms. The maximum Gasteiger partial charge on any atom is 0.357 e. The van der Waals surface area contributed by atoms with E-state index in [1.54, 1.807) is 0 Å². The highest BCUT2D eigenvalue weighted by atomic mass is 32.2. The van der Waals surface area contributed by atoms with Gasteiger partial charge in [-0.05, 0) is 31.8 Å². The molecule has 2 atom stereocenters. The zero-order valence-electron chi connectivity index (χ0n) is 10.9. The van der Waals surface area contributed by atoms with Crippen molar-refractivity contribution in [3.8, 4) is 0 Å². The highest BCUT2D eigenvalue weighted by molar-refractivity contribution is 7.89. The van der Waals surface area contributed by atoms with E-state index in [1.807, 2.05) is 13.8 Å². The van der Waals surface area contributed by atoms with Crippen molar-refractivity contribution in [1.29, 1.82) is 0 Å². The minimum absolute atomic E-state index is 0.146. The standard InChI is InChI=1S/C11H14N2O5S2/c1-10(2)11(3-6(11)4-18-10)13-20(16,17)7-5-19-12-8(7)9(14)15/h5-6,13H,3-4H2,1-2H3,(H,14,15). The van der Waals surface area contributed by atoms with Gasteiger partial charge >= 0.3 is 5.97 Å². The molecule has 3 rings (SSSR count). The Labute approximate surface area is 120 Å². The first kappa shape index (κ1) is 13.9. The third kappa shape index (κ3) is 1.80. The molecule has 110 valence electrons. The first-order valence-corrected chi connectivity index (χ1v) is 8.37. The van der Waals surface area contributed by atoms with Crippen molar-refractivity contribution in [1.82, 2.24) is 9.10 Å². The van der Waals surface area contributed by atoms with Gasteiger partial charge in [0.05, 0.1) is 17.7 Å². The number of nitrogens with zero attached hydrogens (tertiary/aromatic N) is 1. The second kappa shape index (κ2) is 4.00. The fraction of sp³-hybridized carbons (Fsp3) is 0.636. The van der Waals surface area contributed by atoms with E-state index in [9.17, 15) is 13.2 Å². The van der Waals surface area contributed by atoms with Crippen LogP contribution in [0.25, 0.3) is 0 Å². The molecule has 0 aromatic carbocycles. The second-order valence-electron chi connectivity index (χ2n) is 5.63. The van der Waals surface area contributed by atoms with Crippen LogP contribution >= 0.6 is 11.5 Å². The molecule has 2 heterocycles. The molecule has 20 heavy (non-hydrogen) atoms. The Morgan fingerprint density at radius 3 is 2.80 bits per heavy atom. The molecule has 2 N–H and O–H groups in total. The molecule has 0 spiro atoms. The topological polar surface area (TPSA) is 106 Å². The molecule has 1 aromatic rings. The number of aromatic nitrogens is 1. The molecule has 7 nitrogen and oxygen atoms in total. The zero-order valence-corrected chi connectivity index (χ0v) is 12.5. The smallest absolute Gasteiger partial charge is 0.357 e. The monoisotopic (exact) mass is 318 g/mol. The lowest BCUT2D eigenvalue weighted by atomic mass is 9.97. The van der Waals surface area contributed by atoms with Crippen molar-refractivity contribution in [2.24, 2.45) is 5.92 Å². The van der Waals surface area contributed by atoms with Gasteiger partial charge in [0.15, 0.2) is 5.69 Å². The maximum atomic E-state index is 12.4. The van der Waals surface area contributed by atoms with Crippen LogP contribution in [0.2, 0.25) is 0 Å². The van der Waals surface area contributed by atoms with Crippen molar-refractivity contribution >= 4 is 27.5 Å². The Morgan fingerprint density at radius 1 is 1.60 bits per heavy atom. The molecule has 2 aliphatic rings. The minimum Gasteiger partial charge on any atom is -0.476 e. The van der Waals surface area contributed by atoms with Crippen LogP contribution in [-0.4, -0.2) is 41.6 Å². The van der Waals surface area contributed by atoms with Crippen molar-refractivity contribution in [3.05, 3.63) is 11.1 Å². The van der Waals surface area contributed by atoms with E-state index in [4.69, 9.17) is 9.84 Å². The molecule has 2 fully saturated rings. The highest BCUT2D eigenvalue weighted by Crippen LogP contribution is 2.58. The molecule has 0 amide bonds. The number of rotatable bonds is 4. The molecule has 0 radical (unpaired) electrons. The lowest BCUT2D eigenvalue weighted by Crippen LogP contribution is -2.51. The minimum atomic E-state index is -3.93. The van der Waals surface area contributed by atoms with E-state index in [2.05, 4.69) is 9.10 Å². The summed E-state index contributed by atoms with van der Waals surface area (Å²) < 4.78 is 36.7. The van der Waals surface area contributed by atoms with Gasteiger partial charge in [-0.3, -0.25) is 0 Å². The van der Waals surface area contributed by atoms with Crippen molar-refractivity contribution in [3.63, 3.8) is 0 Å². The first-order chi connectivity index (χ1) is 9.20. The first-order valence-electron chi connectivity index (χ1n) is 6.05. The fourth-order valence-electron chi connectivity index (χ4n) is 2.81. The van der Waals surface area contributed by atoms with Crippen LogP contribution in [0.3, 0.4) is 0 Å². The number of sulfonamides is 1. The number of nitrogens with one attached hydrogen (secondary N) is 1. The van der Waals surface area contributed by atoms with E-state index in [1.165, 1.54) is 5.38 Å². The zero-order chi connectivity index (χ0) is 14.8. The van der Waals surface area contributed by atoms with Gasteiger partial charge in [0.1, 0.15) is 4.90 Å². The Bertz CT molecular complexity index is 681. The Kier molecular flexibility index (Phi) is 2.79. The van der Waals surface area contributed by atoms with E-state index >= 15 is 0 Å². The Balaban J connectivity index is 1.95. The largest absolute Gasteiger partial charge is 0.476 e. The number of fused-ring (bicyclic) bond motifs is 1. The van der Waals surface area contributed by atoms with Crippen molar-refractivity contribution in [2.45, 2.75) is 36.3 Å². The molecule has 2 unspecified atom stereocenters. The predicted molar refractivity (Wildman–Crippen MR) is 70.3 cm³/mol. The Morgan fingerprint density at radius 2 is 2.30 bits per heavy atom. The molecule has 1 aliphatic heterocycles. The number of ether oxygens (including phenoxy) is 1. The van der Waals surface area contributed by atoms with E-state index in [0.29, 0.717) is 13.0 Å². The van der Waals surface area contributed by atoms with Crippen molar-refractivity contribution < 1.29 is 23.1 Å². The number of carboxylic acids is 1. The van der Waals surface area contributed by atoms with Crippen molar-refractivity contribution in [2.75, 3.05) is 6.61 Å². The number of hydrogen-bond acceptors (Lipinski definition) is 6. The second-order valence-corrected chi connectivity index (χ2v) is 7.91. The highest BCUT2D eigenvalue weighted by Gasteiger charge is 2.70. The lowest BCUT2D eigenvalue weighted by Gasteiger charge is -2.30. The number of hydrogen-bond donors (Lipinski definition) is 2. The van der Waals surface area contributed by atoms with E-state index < -0.39 is 32.8 Å². The summed E-state index contributed by atoms with van der Waals surface area (Å²) in [5, 5.41) is 10.2. The molecule has 9 heteroatoms. The summed E-state index contributed by atoms with van der Waals surface area (Å²) in [6, 6.07) is 0. The average Bonchev–Trinajstić information content (AvgIpc) is 2.72. The van der Waals surface area contributed by atoms with Crippen LogP contribution in [0.4, 0.5) is 0 Å². The molecule has 1 saturated carbocycles. The van der Waals surface area contributed by atoms with Crippen LogP contribution in [0, 0.1) is 5.92 Å². The van der Waals surface area contributed by atoms with Crippen LogP contribution < -0.4 is 4.72 Å². The summed E-state index contributed by atoms with van der Waals surface area (Å²) in [5.74, 6) is -1.20. The molecule has 1 aliphatic carbocycles. The summed E-state index contributed by atoms with van der Waals surface area (Å²) in [5.41, 5.74) is -1.67. The third-order valence-corrected chi connectivity index (χ3v) is 6.47. The summed E-state index contributed by atoms with van der Waals surface area (Å²) in [6.45, 7) is 4.20. The quantitative estimate of drug-likeness (QED) is 0.846. The van der Waals surface area contributed by atoms with Gasteiger partial charge in [-0.2, -0.15) is 4.37 Å². The molecular formula is C11H14N2O5S2. The van der Waals surface area contributed by atoms with Gasteiger partial charge < -0.3 is 9.84 Å². The van der Waals surface area contributed by atoms with Gasteiger partial charge in [0.2, 0.25) is 10.0 Å². The van der Waals surface area contributed by atoms with Gasteiger partial charge in [0, 0.05) is 11.3 Å². The third-order valence-electron chi connectivity index (χ3n) is 4.17. The number of aromatic carboxylic acids is 1.